The van der Waals surface area contributed by atoms with E-state index in [0.717, 1.165) is 24.2 Å². The minimum absolute atomic E-state index is 0.0189. The summed E-state index contributed by atoms with van der Waals surface area (Å²) in [5.74, 6) is 1.29. The first-order chi connectivity index (χ1) is 10.5. The molecule has 3 rings (SSSR count). The summed E-state index contributed by atoms with van der Waals surface area (Å²) >= 11 is 0. The molecule has 7 nitrogen and oxygen atoms in total. The van der Waals surface area contributed by atoms with Crippen molar-refractivity contribution < 1.29 is 9.90 Å². The van der Waals surface area contributed by atoms with Crippen LogP contribution < -0.4 is 5.32 Å². The molecule has 1 aromatic heterocycles. The standard InChI is InChI=1S/C15H19N5O2/c1-10-16-14(18-19(10)2)17-15(22)20-9-3-4-13(20)11-5-7-12(21)8-6-11/h5-8,13,21H,3-4,9H2,1-2H3,(H,17,18,22). The van der Waals surface area contributed by atoms with E-state index in [0.29, 0.717) is 12.5 Å². The second-order valence-corrected chi connectivity index (χ2v) is 5.48. The lowest BCUT2D eigenvalue weighted by Crippen LogP contribution is -2.34. The molecule has 2 heterocycles. The lowest BCUT2D eigenvalue weighted by molar-refractivity contribution is 0.207. The summed E-state index contributed by atoms with van der Waals surface area (Å²) in [6, 6.07) is 6.83. The third-order valence-corrected chi connectivity index (χ3v) is 3.99. The second kappa shape index (κ2) is 5.67. The molecular formula is C15H19N5O2. The number of likely N-dealkylation sites (tertiary alicyclic amines) is 1. The normalized spacial score (nSPS) is 17.7. The van der Waals surface area contributed by atoms with Crippen molar-refractivity contribution in [3.63, 3.8) is 0 Å². The van der Waals surface area contributed by atoms with Crippen LogP contribution in [0, 0.1) is 6.92 Å². The number of rotatable bonds is 2. The van der Waals surface area contributed by atoms with Crippen LogP contribution in [-0.4, -0.2) is 37.3 Å². The fraction of sp³-hybridized carbons (Fsp3) is 0.400. The van der Waals surface area contributed by atoms with Crippen molar-refractivity contribution in [3.05, 3.63) is 35.7 Å². The number of hydrogen-bond acceptors (Lipinski definition) is 4. The van der Waals surface area contributed by atoms with Gasteiger partial charge in [0.15, 0.2) is 0 Å². The Morgan fingerprint density at radius 2 is 2.09 bits per heavy atom. The van der Waals surface area contributed by atoms with Crippen molar-refractivity contribution in [2.75, 3.05) is 11.9 Å². The summed E-state index contributed by atoms with van der Waals surface area (Å²) in [7, 11) is 1.78. The van der Waals surface area contributed by atoms with Crippen LogP contribution in [0.5, 0.6) is 5.75 Å². The molecule has 116 valence electrons. The second-order valence-electron chi connectivity index (χ2n) is 5.48. The molecule has 7 heteroatoms. The molecule has 0 saturated carbocycles. The topological polar surface area (TPSA) is 83.3 Å². The first kappa shape index (κ1) is 14.4. The molecule has 2 amide bonds. The van der Waals surface area contributed by atoms with Gasteiger partial charge in [0.05, 0.1) is 6.04 Å². The first-order valence-electron chi connectivity index (χ1n) is 7.29. The molecule has 1 fully saturated rings. The van der Waals surface area contributed by atoms with E-state index in [1.807, 2.05) is 19.1 Å². The van der Waals surface area contributed by atoms with E-state index < -0.39 is 0 Å². The van der Waals surface area contributed by atoms with Crippen molar-refractivity contribution in [1.82, 2.24) is 19.7 Å². The number of aryl methyl sites for hydroxylation is 2. The van der Waals surface area contributed by atoms with Gasteiger partial charge in [-0.25, -0.2) is 4.79 Å². The number of carbonyl (C=O) groups excluding carboxylic acids is 1. The molecule has 1 aliphatic rings. The Balaban J connectivity index is 1.74. The summed E-state index contributed by atoms with van der Waals surface area (Å²) in [6.07, 6.45) is 1.86. The van der Waals surface area contributed by atoms with Crippen LogP contribution in [0.3, 0.4) is 0 Å². The molecule has 0 radical (unpaired) electrons. The van der Waals surface area contributed by atoms with Crippen molar-refractivity contribution in [1.29, 1.82) is 0 Å². The van der Waals surface area contributed by atoms with Crippen molar-refractivity contribution in [2.45, 2.75) is 25.8 Å². The van der Waals surface area contributed by atoms with Crippen molar-refractivity contribution in [2.24, 2.45) is 7.05 Å². The van der Waals surface area contributed by atoms with Gasteiger partial charge < -0.3 is 10.0 Å². The Hall–Kier alpha value is -2.57. The molecular weight excluding hydrogens is 282 g/mol. The van der Waals surface area contributed by atoms with E-state index in [2.05, 4.69) is 15.4 Å². The fourth-order valence-electron chi connectivity index (χ4n) is 2.74. The highest BCUT2D eigenvalue weighted by Gasteiger charge is 2.30. The zero-order chi connectivity index (χ0) is 15.7. The number of hydrogen-bond donors (Lipinski definition) is 2. The van der Waals surface area contributed by atoms with Gasteiger partial charge in [0.25, 0.3) is 0 Å². The number of nitrogens with zero attached hydrogens (tertiary/aromatic N) is 4. The van der Waals surface area contributed by atoms with Crippen LogP contribution in [-0.2, 0) is 7.05 Å². The lowest BCUT2D eigenvalue weighted by atomic mass is 10.0. The van der Waals surface area contributed by atoms with Crippen LogP contribution in [0.25, 0.3) is 0 Å². The van der Waals surface area contributed by atoms with Crippen LogP contribution in [0.15, 0.2) is 24.3 Å². The third kappa shape index (κ3) is 2.74. The van der Waals surface area contributed by atoms with Gasteiger partial charge in [-0.1, -0.05) is 12.1 Å². The Kier molecular flexibility index (Phi) is 3.70. The van der Waals surface area contributed by atoms with Gasteiger partial charge in [-0.3, -0.25) is 10.00 Å². The molecule has 1 saturated heterocycles. The van der Waals surface area contributed by atoms with Crippen LogP contribution >= 0.6 is 0 Å². The summed E-state index contributed by atoms with van der Waals surface area (Å²) in [5, 5.41) is 16.3. The number of anilines is 1. The Bertz CT molecular complexity index is 660. The molecule has 1 atom stereocenters. The fourth-order valence-corrected chi connectivity index (χ4v) is 2.74. The van der Waals surface area contributed by atoms with E-state index in [1.54, 1.807) is 28.8 Å². The van der Waals surface area contributed by atoms with E-state index in [9.17, 15) is 9.90 Å². The molecule has 1 aromatic carbocycles. The number of urea groups is 1. The van der Waals surface area contributed by atoms with E-state index >= 15 is 0 Å². The number of aromatic nitrogens is 3. The zero-order valence-corrected chi connectivity index (χ0v) is 12.7. The van der Waals surface area contributed by atoms with Gasteiger partial charge in [0.1, 0.15) is 11.6 Å². The Morgan fingerprint density at radius 3 is 2.73 bits per heavy atom. The van der Waals surface area contributed by atoms with E-state index in [-0.39, 0.29) is 17.8 Å². The lowest BCUT2D eigenvalue weighted by Gasteiger charge is -2.24. The van der Waals surface area contributed by atoms with Gasteiger partial charge in [0, 0.05) is 13.6 Å². The number of phenols is 1. The quantitative estimate of drug-likeness (QED) is 0.890. The van der Waals surface area contributed by atoms with Gasteiger partial charge in [0.2, 0.25) is 5.95 Å². The van der Waals surface area contributed by atoms with Gasteiger partial charge >= 0.3 is 6.03 Å². The molecule has 2 N–H and O–H groups in total. The van der Waals surface area contributed by atoms with Crippen LogP contribution in [0.2, 0.25) is 0 Å². The van der Waals surface area contributed by atoms with E-state index in [1.165, 1.54) is 0 Å². The predicted octanol–water partition coefficient (Wildman–Crippen LogP) is 2.20. The van der Waals surface area contributed by atoms with Crippen molar-refractivity contribution >= 4 is 12.0 Å². The SMILES string of the molecule is Cc1nc(NC(=O)N2CCCC2c2ccc(O)cc2)nn1C. The highest BCUT2D eigenvalue weighted by molar-refractivity contribution is 5.88. The molecule has 0 spiro atoms. The maximum Gasteiger partial charge on any atom is 0.324 e. The minimum Gasteiger partial charge on any atom is -0.508 e. The number of amides is 2. The molecule has 0 aliphatic carbocycles. The van der Waals surface area contributed by atoms with Gasteiger partial charge in [-0.2, -0.15) is 4.98 Å². The summed E-state index contributed by atoms with van der Waals surface area (Å²) in [6.45, 7) is 2.53. The molecule has 1 unspecified atom stereocenters. The first-order valence-corrected chi connectivity index (χ1v) is 7.29. The van der Waals surface area contributed by atoms with Crippen LogP contribution in [0.4, 0.5) is 10.7 Å². The molecule has 1 aliphatic heterocycles. The summed E-state index contributed by atoms with van der Waals surface area (Å²) < 4.78 is 1.62. The average molecular weight is 301 g/mol. The van der Waals surface area contributed by atoms with Crippen LogP contribution in [0.1, 0.15) is 30.3 Å². The predicted molar refractivity (Wildman–Crippen MR) is 81.5 cm³/mol. The third-order valence-electron chi connectivity index (χ3n) is 3.99. The highest BCUT2D eigenvalue weighted by Crippen LogP contribution is 2.32. The summed E-state index contributed by atoms with van der Waals surface area (Å²) in [4.78, 5) is 18.4. The maximum absolute atomic E-state index is 12.5. The largest absolute Gasteiger partial charge is 0.508 e. The zero-order valence-electron chi connectivity index (χ0n) is 12.7. The molecule has 0 bridgehead atoms. The smallest absolute Gasteiger partial charge is 0.324 e. The number of phenolic OH excluding ortho intramolecular Hbond substituents is 1. The number of carbonyl (C=O) groups is 1. The monoisotopic (exact) mass is 301 g/mol. The van der Waals surface area contributed by atoms with Gasteiger partial charge in [-0.05, 0) is 37.5 Å². The number of benzene rings is 1. The molecule has 2 aromatic rings. The highest BCUT2D eigenvalue weighted by atomic mass is 16.3. The van der Waals surface area contributed by atoms with E-state index in [4.69, 9.17) is 0 Å². The average Bonchev–Trinajstić information content (AvgIpc) is 3.07. The Morgan fingerprint density at radius 1 is 1.36 bits per heavy atom. The summed E-state index contributed by atoms with van der Waals surface area (Å²) in [5.41, 5.74) is 1.02. The maximum atomic E-state index is 12.5. The van der Waals surface area contributed by atoms with Crippen molar-refractivity contribution in [3.8, 4) is 5.75 Å². The minimum atomic E-state index is -0.193. The number of nitrogens with one attached hydrogen (secondary N) is 1. The number of aromatic hydroxyl groups is 1. The Labute approximate surface area is 128 Å². The molecule has 22 heavy (non-hydrogen) atoms. The van der Waals surface area contributed by atoms with Gasteiger partial charge in [-0.15, -0.1) is 5.10 Å².